The average Bonchev–Trinajstić information content (AvgIpc) is 3.05. The van der Waals surface area contributed by atoms with Crippen LogP contribution in [0.4, 0.5) is 5.82 Å². The highest BCUT2D eigenvalue weighted by atomic mass is 15.3. The topological polar surface area (TPSA) is 124 Å². The van der Waals surface area contributed by atoms with E-state index in [9.17, 15) is 0 Å². The van der Waals surface area contributed by atoms with Crippen molar-refractivity contribution in [3.8, 4) is 5.82 Å². The quantitative estimate of drug-likeness (QED) is 0.491. The number of hydrogen-bond acceptors (Lipinski definition) is 7. The second-order valence-corrected chi connectivity index (χ2v) is 3.85. The number of aromatic amines is 1. The molecule has 0 aromatic carbocycles. The lowest BCUT2D eigenvalue weighted by molar-refractivity contribution is 0.862. The minimum absolute atomic E-state index is 0.381. The van der Waals surface area contributed by atoms with Crippen molar-refractivity contribution in [1.29, 1.82) is 0 Å². The molecule has 0 bridgehead atoms. The van der Waals surface area contributed by atoms with Gasteiger partial charge in [-0.25, -0.2) is 24.9 Å². The van der Waals surface area contributed by atoms with Gasteiger partial charge in [0.25, 0.3) is 0 Å². The first-order valence-electron chi connectivity index (χ1n) is 5.43. The third kappa shape index (κ3) is 1.29. The number of hydrogen-bond donors (Lipinski definition) is 2. The minimum Gasteiger partial charge on any atom is -0.383 e. The van der Waals surface area contributed by atoms with Crippen LogP contribution in [0.5, 0.6) is 0 Å². The Bertz CT molecular complexity index is 890. The lowest BCUT2D eigenvalue weighted by atomic mass is 10.4. The van der Waals surface area contributed by atoms with E-state index in [4.69, 9.17) is 5.73 Å². The zero-order valence-electron chi connectivity index (χ0n) is 9.52. The molecule has 9 nitrogen and oxygen atoms in total. The summed E-state index contributed by atoms with van der Waals surface area (Å²) >= 11 is 0. The zero-order chi connectivity index (χ0) is 12.8. The molecule has 0 aliphatic rings. The standard InChI is InChI=1S/C10H7N9/c11-7-5-1-18-19(9(5)16-3-13-7)10-6-8(14-2-12-6)15-4-17-10/h1-4H,(H2,11,13,16)(H,12,14,15,17). The second kappa shape index (κ2) is 3.45. The predicted octanol–water partition coefficient (Wildman–Crippen LogP) is 0.0640. The summed E-state index contributed by atoms with van der Waals surface area (Å²) in [4.78, 5) is 23.5. The number of H-pyrrole nitrogens is 1. The maximum atomic E-state index is 5.78. The van der Waals surface area contributed by atoms with Crippen molar-refractivity contribution in [2.24, 2.45) is 0 Å². The molecule has 3 N–H and O–H groups in total. The maximum Gasteiger partial charge on any atom is 0.185 e. The Morgan fingerprint density at radius 3 is 2.89 bits per heavy atom. The summed E-state index contributed by atoms with van der Waals surface area (Å²) in [5.41, 5.74) is 7.62. The lowest BCUT2D eigenvalue weighted by Gasteiger charge is -2.02. The molecular weight excluding hydrogens is 246 g/mol. The molecule has 9 heteroatoms. The fourth-order valence-electron chi connectivity index (χ4n) is 1.93. The van der Waals surface area contributed by atoms with Gasteiger partial charge in [0, 0.05) is 0 Å². The van der Waals surface area contributed by atoms with E-state index in [2.05, 4.69) is 35.0 Å². The van der Waals surface area contributed by atoms with Crippen molar-refractivity contribution in [2.75, 3.05) is 5.73 Å². The molecule has 19 heavy (non-hydrogen) atoms. The molecule has 0 atom stereocenters. The van der Waals surface area contributed by atoms with Crippen molar-refractivity contribution in [3.63, 3.8) is 0 Å². The third-order valence-corrected chi connectivity index (χ3v) is 2.80. The fraction of sp³-hybridized carbons (Fsp3) is 0. The molecule has 0 spiro atoms. The molecule has 92 valence electrons. The van der Waals surface area contributed by atoms with Crippen molar-refractivity contribution >= 4 is 28.0 Å². The Morgan fingerprint density at radius 2 is 1.95 bits per heavy atom. The van der Waals surface area contributed by atoms with E-state index in [0.29, 0.717) is 33.8 Å². The summed E-state index contributed by atoms with van der Waals surface area (Å²) in [5, 5.41) is 4.93. The third-order valence-electron chi connectivity index (χ3n) is 2.80. The van der Waals surface area contributed by atoms with Crippen LogP contribution in [0.25, 0.3) is 28.0 Å². The molecule has 0 amide bonds. The Labute approximate surface area is 105 Å². The average molecular weight is 253 g/mol. The van der Waals surface area contributed by atoms with Crippen LogP contribution in [0.15, 0.2) is 25.2 Å². The van der Waals surface area contributed by atoms with Crippen LogP contribution in [0, 0.1) is 0 Å². The molecule has 0 saturated carbocycles. The Hall–Kier alpha value is -3.10. The summed E-state index contributed by atoms with van der Waals surface area (Å²) in [6.45, 7) is 0. The number of anilines is 1. The molecule has 4 aromatic heterocycles. The molecule has 4 heterocycles. The largest absolute Gasteiger partial charge is 0.383 e. The van der Waals surface area contributed by atoms with E-state index in [1.165, 1.54) is 12.7 Å². The normalized spacial score (nSPS) is 11.4. The number of nitrogen functional groups attached to an aromatic ring is 1. The summed E-state index contributed by atoms with van der Waals surface area (Å²) in [6, 6.07) is 0. The number of aromatic nitrogens is 8. The molecule has 4 rings (SSSR count). The highest BCUT2D eigenvalue weighted by Crippen LogP contribution is 2.21. The van der Waals surface area contributed by atoms with Gasteiger partial charge >= 0.3 is 0 Å². The van der Waals surface area contributed by atoms with E-state index in [-0.39, 0.29) is 0 Å². The summed E-state index contributed by atoms with van der Waals surface area (Å²) in [5.74, 6) is 0.946. The van der Waals surface area contributed by atoms with Crippen LogP contribution < -0.4 is 5.73 Å². The maximum absolute atomic E-state index is 5.78. The molecule has 4 aromatic rings. The predicted molar refractivity (Wildman–Crippen MR) is 66.3 cm³/mol. The summed E-state index contributed by atoms with van der Waals surface area (Å²) in [6.07, 6.45) is 5.98. The van der Waals surface area contributed by atoms with Gasteiger partial charge in [0.05, 0.1) is 17.9 Å². The Morgan fingerprint density at radius 1 is 1.05 bits per heavy atom. The van der Waals surface area contributed by atoms with Gasteiger partial charge in [-0.05, 0) is 0 Å². The Balaban J connectivity index is 2.10. The SMILES string of the molecule is Nc1ncnc2c1cnn2-c1ncnc2nc[nH]c12. The van der Waals surface area contributed by atoms with Gasteiger partial charge in [0.15, 0.2) is 17.1 Å². The first kappa shape index (κ1) is 9.88. The minimum atomic E-state index is 0.381. The van der Waals surface area contributed by atoms with Gasteiger partial charge in [0.1, 0.15) is 24.0 Å². The molecule has 0 unspecified atom stereocenters. The fourth-order valence-corrected chi connectivity index (χ4v) is 1.93. The van der Waals surface area contributed by atoms with Gasteiger partial charge in [0.2, 0.25) is 0 Å². The van der Waals surface area contributed by atoms with Crippen LogP contribution in [-0.4, -0.2) is 39.7 Å². The number of fused-ring (bicyclic) bond motifs is 2. The Kier molecular flexibility index (Phi) is 1.79. The zero-order valence-corrected chi connectivity index (χ0v) is 9.52. The van der Waals surface area contributed by atoms with Gasteiger partial charge in [-0.2, -0.15) is 9.78 Å². The van der Waals surface area contributed by atoms with Gasteiger partial charge in [-0.3, -0.25) is 0 Å². The van der Waals surface area contributed by atoms with Crippen LogP contribution >= 0.6 is 0 Å². The first-order chi connectivity index (χ1) is 9.34. The smallest absolute Gasteiger partial charge is 0.185 e. The van der Waals surface area contributed by atoms with Crippen molar-refractivity contribution < 1.29 is 0 Å². The van der Waals surface area contributed by atoms with E-state index >= 15 is 0 Å². The van der Waals surface area contributed by atoms with Crippen LogP contribution in [-0.2, 0) is 0 Å². The van der Waals surface area contributed by atoms with Crippen molar-refractivity contribution in [1.82, 2.24) is 39.7 Å². The van der Waals surface area contributed by atoms with Gasteiger partial charge in [-0.1, -0.05) is 0 Å². The molecule has 0 aliphatic carbocycles. The monoisotopic (exact) mass is 253 g/mol. The number of nitrogens with two attached hydrogens (primary N) is 1. The first-order valence-corrected chi connectivity index (χ1v) is 5.43. The molecule has 0 fully saturated rings. The van der Waals surface area contributed by atoms with E-state index in [1.807, 2.05) is 0 Å². The molecular formula is C10H7N9. The van der Waals surface area contributed by atoms with Gasteiger partial charge < -0.3 is 10.7 Å². The number of nitrogens with one attached hydrogen (secondary N) is 1. The van der Waals surface area contributed by atoms with E-state index in [0.717, 1.165) is 0 Å². The number of nitrogens with zero attached hydrogens (tertiary/aromatic N) is 7. The van der Waals surface area contributed by atoms with E-state index in [1.54, 1.807) is 17.2 Å². The van der Waals surface area contributed by atoms with Gasteiger partial charge in [-0.15, -0.1) is 0 Å². The summed E-state index contributed by atoms with van der Waals surface area (Å²) in [7, 11) is 0. The summed E-state index contributed by atoms with van der Waals surface area (Å²) < 4.78 is 1.58. The highest BCUT2D eigenvalue weighted by molar-refractivity contribution is 5.87. The molecule has 0 aliphatic heterocycles. The molecule has 0 radical (unpaired) electrons. The van der Waals surface area contributed by atoms with E-state index < -0.39 is 0 Å². The van der Waals surface area contributed by atoms with Crippen LogP contribution in [0.3, 0.4) is 0 Å². The van der Waals surface area contributed by atoms with Crippen LogP contribution in [0.1, 0.15) is 0 Å². The number of rotatable bonds is 1. The number of imidazole rings is 1. The molecule has 0 saturated heterocycles. The van der Waals surface area contributed by atoms with Crippen molar-refractivity contribution in [3.05, 3.63) is 25.2 Å². The second-order valence-electron chi connectivity index (χ2n) is 3.85. The lowest BCUT2D eigenvalue weighted by Crippen LogP contribution is -2.03. The van der Waals surface area contributed by atoms with Crippen LogP contribution in [0.2, 0.25) is 0 Å². The van der Waals surface area contributed by atoms with Crippen molar-refractivity contribution in [2.45, 2.75) is 0 Å². The highest BCUT2D eigenvalue weighted by Gasteiger charge is 2.14.